The van der Waals surface area contributed by atoms with Gasteiger partial charge in [0.05, 0.1) is 11.5 Å². The summed E-state index contributed by atoms with van der Waals surface area (Å²) in [5.74, 6) is -2.10. The van der Waals surface area contributed by atoms with Gasteiger partial charge in [0.15, 0.2) is 0 Å². The number of hydrogen-bond donors (Lipinski definition) is 3. The number of carbonyl (C=O) groups excluding carboxylic acids is 2. The molecule has 2 amide bonds. The minimum absolute atomic E-state index is 0.0516. The Hall–Kier alpha value is -2.02. The standard InChI is InChI=1S/C11H12FN3O2S/c1-6-4-7(2-3-8(6)12)15-11(17)10(16)14-5-9(13)18/h2-4H,5H2,1H3,(H2,13,18)(H,14,16)(H,15,17). The second-order valence-corrected chi connectivity index (χ2v) is 4.09. The van der Waals surface area contributed by atoms with Gasteiger partial charge in [-0.1, -0.05) is 12.2 Å². The van der Waals surface area contributed by atoms with E-state index in [-0.39, 0.29) is 17.4 Å². The van der Waals surface area contributed by atoms with Gasteiger partial charge in [0.25, 0.3) is 0 Å². The normalized spacial score (nSPS) is 9.67. The molecule has 0 unspecified atom stereocenters. The topological polar surface area (TPSA) is 84.2 Å². The summed E-state index contributed by atoms with van der Waals surface area (Å²) in [7, 11) is 0. The molecule has 0 bridgehead atoms. The van der Waals surface area contributed by atoms with Crippen LogP contribution in [-0.4, -0.2) is 23.3 Å². The Morgan fingerprint density at radius 3 is 2.61 bits per heavy atom. The Labute approximate surface area is 109 Å². The Kier molecular flexibility index (Phi) is 4.73. The van der Waals surface area contributed by atoms with Crippen LogP contribution in [0.5, 0.6) is 0 Å². The van der Waals surface area contributed by atoms with E-state index in [0.29, 0.717) is 11.3 Å². The van der Waals surface area contributed by atoms with Gasteiger partial charge in [-0.2, -0.15) is 0 Å². The average molecular weight is 269 g/mol. The predicted molar refractivity (Wildman–Crippen MR) is 69.6 cm³/mol. The summed E-state index contributed by atoms with van der Waals surface area (Å²) in [5, 5.41) is 4.57. The maximum absolute atomic E-state index is 13.0. The van der Waals surface area contributed by atoms with Crippen molar-refractivity contribution in [3.8, 4) is 0 Å². The lowest BCUT2D eigenvalue weighted by molar-refractivity contribution is -0.135. The number of anilines is 1. The number of aryl methyl sites for hydroxylation is 1. The zero-order chi connectivity index (χ0) is 13.7. The molecule has 0 spiro atoms. The Morgan fingerprint density at radius 1 is 1.39 bits per heavy atom. The Morgan fingerprint density at radius 2 is 2.06 bits per heavy atom. The molecule has 5 nitrogen and oxygen atoms in total. The molecular formula is C11H12FN3O2S. The van der Waals surface area contributed by atoms with Crippen LogP contribution in [-0.2, 0) is 9.59 Å². The Bertz CT molecular complexity index is 505. The molecular weight excluding hydrogens is 257 g/mol. The van der Waals surface area contributed by atoms with Crippen LogP contribution in [0, 0.1) is 12.7 Å². The molecule has 0 aliphatic heterocycles. The first-order valence-electron chi connectivity index (χ1n) is 5.04. The van der Waals surface area contributed by atoms with Crippen LogP contribution in [0.25, 0.3) is 0 Å². The fraction of sp³-hybridized carbons (Fsp3) is 0.182. The van der Waals surface area contributed by atoms with Crippen molar-refractivity contribution < 1.29 is 14.0 Å². The van der Waals surface area contributed by atoms with E-state index in [9.17, 15) is 14.0 Å². The third-order valence-corrected chi connectivity index (χ3v) is 2.19. The third-order valence-electron chi connectivity index (χ3n) is 2.05. The predicted octanol–water partition coefficient (Wildman–Crippen LogP) is 0.475. The molecule has 1 rings (SSSR count). The lowest BCUT2D eigenvalue weighted by Gasteiger charge is -2.06. The maximum atomic E-state index is 13.0. The highest BCUT2D eigenvalue weighted by Crippen LogP contribution is 2.13. The van der Waals surface area contributed by atoms with Crippen molar-refractivity contribution in [3.05, 3.63) is 29.6 Å². The largest absolute Gasteiger partial charge is 0.392 e. The van der Waals surface area contributed by atoms with Gasteiger partial charge in [0, 0.05) is 5.69 Å². The van der Waals surface area contributed by atoms with Gasteiger partial charge in [-0.05, 0) is 30.7 Å². The number of nitrogens with two attached hydrogens (primary N) is 1. The van der Waals surface area contributed by atoms with Crippen LogP contribution >= 0.6 is 12.2 Å². The van der Waals surface area contributed by atoms with Gasteiger partial charge in [-0.25, -0.2) is 4.39 Å². The van der Waals surface area contributed by atoms with Gasteiger partial charge in [0.1, 0.15) is 5.82 Å². The van der Waals surface area contributed by atoms with Crippen molar-refractivity contribution in [3.63, 3.8) is 0 Å². The van der Waals surface area contributed by atoms with Crippen LogP contribution < -0.4 is 16.4 Å². The van der Waals surface area contributed by atoms with E-state index in [1.54, 1.807) is 6.92 Å². The molecule has 0 saturated heterocycles. The summed E-state index contributed by atoms with van der Waals surface area (Å²) in [6.45, 7) is 1.50. The molecule has 7 heteroatoms. The second-order valence-electron chi connectivity index (χ2n) is 3.57. The molecule has 0 aliphatic carbocycles. The number of hydrogen-bond acceptors (Lipinski definition) is 3. The SMILES string of the molecule is Cc1cc(NC(=O)C(=O)NCC(N)=S)ccc1F. The first-order valence-corrected chi connectivity index (χ1v) is 5.44. The number of halogens is 1. The van der Waals surface area contributed by atoms with E-state index in [2.05, 4.69) is 22.9 Å². The summed E-state index contributed by atoms with van der Waals surface area (Å²) in [4.78, 5) is 22.8. The van der Waals surface area contributed by atoms with E-state index in [1.165, 1.54) is 18.2 Å². The molecule has 4 N–H and O–H groups in total. The lowest BCUT2D eigenvalue weighted by Crippen LogP contribution is -2.39. The molecule has 0 heterocycles. The van der Waals surface area contributed by atoms with Crippen LogP contribution in [0.2, 0.25) is 0 Å². The van der Waals surface area contributed by atoms with Crippen molar-refractivity contribution in [1.29, 1.82) is 0 Å². The molecule has 0 atom stereocenters. The molecule has 0 aliphatic rings. The van der Waals surface area contributed by atoms with Gasteiger partial charge >= 0.3 is 11.8 Å². The molecule has 0 saturated carbocycles. The highest BCUT2D eigenvalue weighted by atomic mass is 32.1. The van der Waals surface area contributed by atoms with Crippen molar-refractivity contribution in [2.24, 2.45) is 5.73 Å². The zero-order valence-electron chi connectivity index (χ0n) is 9.62. The number of thiocarbonyl (C=S) groups is 1. The number of amides is 2. The van der Waals surface area contributed by atoms with E-state index < -0.39 is 11.8 Å². The van der Waals surface area contributed by atoms with Crippen LogP contribution in [0.4, 0.5) is 10.1 Å². The number of nitrogens with one attached hydrogen (secondary N) is 2. The van der Waals surface area contributed by atoms with E-state index in [1.807, 2.05) is 0 Å². The number of carbonyl (C=O) groups is 2. The van der Waals surface area contributed by atoms with Gasteiger partial charge in [0.2, 0.25) is 0 Å². The van der Waals surface area contributed by atoms with Crippen molar-refractivity contribution in [1.82, 2.24) is 5.32 Å². The molecule has 0 aromatic heterocycles. The number of rotatable bonds is 3. The molecule has 1 aromatic rings. The summed E-state index contributed by atoms with van der Waals surface area (Å²) >= 11 is 4.55. The highest BCUT2D eigenvalue weighted by molar-refractivity contribution is 7.80. The summed E-state index contributed by atoms with van der Waals surface area (Å²) in [5.41, 5.74) is 5.88. The van der Waals surface area contributed by atoms with Gasteiger partial charge < -0.3 is 16.4 Å². The van der Waals surface area contributed by atoms with Gasteiger partial charge in [-0.15, -0.1) is 0 Å². The molecule has 18 heavy (non-hydrogen) atoms. The first-order chi connectivity index (χ1) is 8.40. The monoisotopic (exact) mass is 269 g/mol. The van der Waals surface area contributed by atoms with Gasteiger partial charge in [-0.3, -0.25) is 9.59 Å². The summed E-state index contributed by atoms with van der Waals surface area (Å²) in [6, 6.07) is 3.99. The Balaban J connectivity index is 2.61. The smallest absolute Gasteiger partial charge is 0.313 e. The number of benzene rings is 1. The summed E-state index contributed by atoms with van der Waals surface area (Å²) in [6.07, 6.45) is 0. The van der Waals surface area contributed by atoms with Crippen LogP contribution in [0.1, 0.15) is 5.56 Å². The lowest BCUT2D eigenvalue weighted by atomic mass is 10.2. The molecule has 0 radical (unpaired) electrons. The fourth-order valence-electron chi connectivity index (χ4n) is 1.16. The van der Waals surface area contributed by atoms with Crippen molar-refractivity contribution >= 4 is 34.7 Å². The first kappa shape index (κ1) is 14.0. The summed E-state index contributed by atoms with van der Waals surface area (Å²) < 4.78 is 13.0. The van der Waals surface area contributed by atoms with E-state index in [0.717, 1.165) is 0 Å². The fourth-order valence-corrected chi connectivity index (χ4v) is 1.23. The minimum atomic E-state index is -0.864. The molecule has 0 fully saturated rings. The van der Waals surface area contributed by atoms with Crippen molar-refractivity contribution in [2.45, 2.75) is 6.92 Å². The molecule has 1 aromatic carbocycles. The second kappa shape index (κ2) is 6.06. The average Bonchev–Trinajstić information content (AvgIpc) is 2.30. The maximum Gasteiger partial charge on any atom is 0.313 e. The van der Waals surface area contributed by atoms with Crippen LogP contribution in [0.3, 0.4) is 0 Å². The minimum Gasteiger partial charge on any atom is -0.392 e. The van der Waals surface area contributed by atoms with Crippen LogP contribution in [0.15, 0.2) is 18.2 Å². The third kappa shape index (κ3) is 4.10. The van der Waals surface area contributed by atoms with E-state index in [4.69, 9.17) is 5.73 Å². The zero-order valence-corrected chi connectivity index (χ0v) is 10.4. The molecule has 96 valence electrons. The quantitative estimate of drug-likeness (QED) is 0.550. The van der Waals surface area contributed by atoms with E-state index >= 15 is 0 Å². The highest BCUT2D eigenvalue weighted by Gasteiger charge is 2.13. The van der Waals surface area contributed by atoms with Crippen molar-refractivity contribution in [2.75, 3.05) is 11.9 Å².